The molecule has 0 spiro atoms. The second-order valence-electron chi connectivity index (χ2n) is 6.36. The van der Waals surface area contributed by atoms with Crippen molar-refractivity contribution in [3.8, 4) is 5.69 Å². The number of aryl methyl sites for hydroxylation is 1. The van der Waals surface area contributed by atoms with E-state index in [0.29, 0.717) is 26.8 Å². The maximum atomic E-state index is 13.2. The Hall–Kier alpha value is -2.84. The molecular weight excluding hydrogens is 412 g/mol. The molecule has 2 N–H and O–H groups in total. The lowest BCUT2D eigenvalue weighted by molar-refractivity contribution is -0.119. The third-order valence-corrected chi connectivity index (χ3v) is 5.50. The minimum Gasteiger partial charge on any atom is -0.341 e. The first-order valence-electron chi connectivity index (χ1n) is 8.78. The molecule has 3 amide bonds. The number of nitrogens with zero attached hydrogens (tertiary/aromatic N) is 2. The molecule has 0 aliphatic heterocycles. The summed E-state index contributed by atoms with van der Waals surface area (Å²) in [5.74, 6) is -0.495. The number of benzene rings is 2. The smallest absolute Gasteiger partial charge is 0.321 e. The van der Waals surface area contributed by atoms with Gasteiger partial charge in [0.1, 0.15) is 0 Å². The third-order valence-electron chi connectivity index (χ3n) is 4.21. The van der Waals surface area contributed by atoms with Crippen LogP contribution in [0.2, 0.25) is 5.02 Å². The Morgan fingerprint density at radius 1 is 1.17 bits per heavy atom. The van der Waals surface area contributed by atoms with E-state index in [2.05, 4.69) is 15.6 Å². The molecular formula is C20H19ClN4O3S. The standard InChI is InChI=1S/C20H19ClN4O3S/c1-11-4-7-14(8-5-11)25-18(27)15-9-6-13(21)10-16(15)23-20(25)29-12(2)17(26)24-19(28)22-3/h4-10,12H,1-3H3,(H2,22,24,26,28)/t12-/m0/s1. The van der Waals surface area contributed by atoms with Gasteiger partial charge in [-0.25, -0.2) is 9.78 Å². The summed E-state index contributed by atoms with van der Waals surface area (Å²) < 4.78 is 1.46. The molecule has 1 atom stereocenters. The van der Waals surface area contributed by atoms with Crippen molar-refractivity contribution in [3.05, 3.63) is 63.4 Å². The Morgan fingerprint density at radius 2 is 1.86 bits per heavy atom. The van der Waals surface area contributed by atoms with E-state index in [-0.39, 0.29) is 5.56 Å². The fourth-order valence-electron chi connectivity index (χ4n) is 2.63. The summed E-state index contributed by atoms with van der Waals surface area (Å²) in [6.07, 6.45) is 0. The van der Waals surface area contributed by atoms with E-state index in [1.807, 2.05) is 31.2 Å². The number of thioether (sulfide) groups is 1. The highest BCUT2D eigenvalue weighted by Crippen LogP contribution is 2.26. The van der Waals surface area contributed by atoms with Crippen molar-refractivity contribution in [2.75, 3.05) is 7.05 Å². The van der Waals surface area contributed by atoms with Crippen LogP contribution in [0.15, 0.2) is 52.4 Å². The van der Waals surface area contributed by atoms with Gasteiger partial charge in [0.25, 0.3) is 5.56 Å². The van der Waals surface area contributed by atoms with Gasteiger partial charge in [0.05, 0.1) is 21.8 Å². The minimum atomic E-state index is -0.674. The molecule has 0 bridgehead atoms. The summed E-state index contributed by atoms with van der Waals surface area (Å²) in [6, 6.07) is 11.7. The Balaban J connectivity index is 2.11. The molecule has 0 unspecified atom stereocenters. The number of imide groups is 1. The predicted molar refractivity (Wildman–Crippen MR) is 115 cm³/mol. The van der Waals surface area contributed by atoms with Gasteiger partial charge in [-0.05, 0) is 44.2 Å². The van der Waals surface area contributed by atoms with E-state index < -0.39 is 17.2 Å². The van der Waals surface area contributed by atoms with Gasteiger partial charge in [-0.2, -0.15) is 0 Å². The first kappa shape index (κ1) is 20.9. The van der Waals surface area contributed by atoms with Crippen LogP contribution in [0.1, 0.15) is 12.5 Å². The summed E-state index contributed by atoms with van der Waals surface area (Å²) in [6.45, 7) is 3.59. The molecule has 9 heteroatoms. The Bertz CT molecular complexity index is 1140. The van der Waals surface area contributed by atoms with Crippen LogP contribution in [-0.4, -0.2) is 33.8 Å². The Morgan fingerprint density at radius 3 is 2.52 bits per heavy atom. The second-order valence-corrected chi connectivity index (χ2v) is 8.10. The summed E-state index contributed by atoms with van der Waals surface area (Å²) in [5.41, 5.74) is 1.85. The summed E-state index contributed by atoms with van der Waals surface area (Å²) in [7, 11) is 1.42. The molecule has 2 aromatic carbocycles. The molecule has 0 radical (unpaired) electrons. The van der Waals surface area contributed by atoms with Crippen LogP contribution >= 0.6 is 23.4 Å². The van der Waals surface area contributed by atoms with Crippen LogP contribution in [0.3, 0.4) is 0 Å². The Kier molecular flexibility index (Phi) is 6.24. The highest BCUT2D eigenvalue weighted by molar-refractivity contribution is 8.00. The van der Waals surface area contributed by atoms with Crippen molar-refractivity contribution in [1.29, 1.82) is 0 Å². The topological polar surface area (TPSA) is 93.1 Å². The van der Waals surface area contributed by atoms with E-state index in [1.54, 1.807) is 25.1 Å². The van der Waals surface area contributed by atoms with E-state index in [4.69, 9.17) is 11.6 Å². The molecule has 1 aromatic heterocycles. The van der Waals surface area contributed by atoms with Crippen molar-refractivity contribution in [2.24, 2.45) is 0 Å². The van der Waals surface area contributed by atoms with Gasteiger partial charge in [0, 0.05) is 12.1 Å². The van der Waals surface area contributed by atoms with Crippen LogP contribution < -0.4 is 16.2 Å². The number of carbonyl (C=O) groups is 2. The SMILES string of the molecule is CNC(=O)NC(=O)[C@H](C)Sc1nc2cc(Cl)ccc2c(=O)n1-c1ccc(C)cc1. The van der Waals surface area contributed by atoms with Crippen LogP contribution in [-0.2, 0) is 4.79 Å². The first-order chi connectivity index (χ1) is 13.8. The van der Waals surface area contributed by atoms with Gasteiger partial charge in [-0.1, -0.05) is 41.1 Å². The zero-order valence-corrected chi connectivity index (χ0v) is 17.6. The van der Waals surface area contributed by atoms with Crippen molar-refractivity contribution in [1.82, 2.24) is 20.2 Å². The number of hydrogen-bond acceptors (Lipinski definition) is 5. The van der Waals surface area contributed by atoms with Crippen molar-refractivity contribution in [2.45, 2.75) is 24.3 Å². The Labute approximate surface area is 176 Å². The minimum absolute atomic E-state index is 0.267. The lowest BCUT2D eigenvalue weighted by atomic mass is 10.2. The van der Waals surface area contributed by atoms with Gasteiger partial charge >= 0.3 is 6.03 Å². The maximum Gasteiger partial charge on any atom is 0.321 e. The molecule has 0 saturated heterocycles. The van der Waals surface area contributed by atoms with Crippen LogP contribution in [0, 0.1) is 6.92 Å². The molecule has 1 heterocycles. The molecule has 3 aromatic rings. The van der Waals surface area contributed by atoms with Crippen LogP contribution in [0.5, 0.6) is 0 Å². The summed E-state index contributed by atoms with van der Waals surface area (Å²) in [5, 5.41) is 5.09. The van der Waals surface area contributed by atoms with E-state index >= 15 is 0 Å². The first-order valence-corrected chi connectivity index (χ1v) is 10.0. The quantitative estimate of drug-likeness (QED) is 0.489. The van der Waals surface area contributed by atoms with E-state index in [9.17, 15) is 14.4 Å². The number of hydrogen-bond donors (Lipinski definition) is 2. The number of urea groups is 1. The lowest BCUT2D eigenvalue weighted by Gasteiger charge is -2.16. The summed E-state index contributed by atoms with van der Waals surface area (Å²) >= 11 is 7.14. The number of rotatable bonds is 4. The van der Waals surface area contributed by atoms with Gasteiger partial charge in [-0.3, -0.25) is 19.5 Å². The fourth-order valence-corrected chi connectivity index (χ4v) is 3.72. The third kappa shape index (κ3) is 4.60. The molecule has 0 fully saturated rings. The average Bonchev–Trinajstić information content (AvgIpc) is 2.68. The zero-order chi connectivity index (χ0) is 21.1. The molecule has 3 rings (SSSR count). The van der Waals surface area contributed by atoms with Gasteiger partial charge < -0.3 is 5.32 Å². The lowest BCUT2D eigenvalue weighted by Crippen LogP contribution is -2.41. The number of carbonyl (C=O) groups excluding carboxylic acids is 2. The maximum absolute atomic E-state index is 13.2. The van der Waals surface area contributed by atoms with Crippen LogP contribution in [0.25, 0.3) is 16.6 Å². The second kappa shape index (κ2) is 8.67. The highest BCUT2D eigenvalue weighted by Gasteiger charge is 2.21. The number of halogens is 1. The number of fused-ring (bicyclic) bond motifs is 1. The van der Waals surface area contributed by atoms with Gasteiger partial charge in [0.15, 0.2) is 5.16 Å². The van der Waals surface area contributed by atoms with Crippen LogP contribution in [0.4, 0.5) is 4.79 Å². The molecule has 0 aliphatic carbocycles. The predicted octanol–water partition coefficient (Wildman–Crippen LogP) is 3.28. The summed E-state index contributed by atoms with van der Waals surface area (Å²) in [4.78, 5) is 41.5. The average molecular weight is 431 g/mol. The van der Waals surface area contributed by atoms with E-state index in [1.165, 1.54) is 11.6 Å². The monoisotopic (exact) mass is 430 g/mol. The molecule has 29 heavy (non-hydrogen) atoms. The molecule has 0 aliphatic rings. The van der Waals surface area contributed by atoms with Crippen molar-refractivity contribution in [3.63, 3.8) is 0 Å². The fraction of sp³-hybridized carbons (Fsp3) is 0.200. The highest BCUT2D eigenvalue weighted by atomic mass is 35.5. The number of amides is 3. The zero-order valence-electron chi connectivity index (χ0n) is 16.0. The molecule has 0 saturated carbocycles. The molecule has 150 valence electrons. The van der Waals surface area contributed by atoms with Gasteiger partial charge in [0.2, 0.25) is 5.91 Å². The normalized spacial score (nSPS) is 11.9. The number of nitrogens with one attached hydrogen (secondary N) is 2. The van der Waals surface area contributed by atoms with Crippen molar-refractivity contribution >= 4 is 46.2 Å². The number of aromatic nitrogens is 2. The van der Waals surface area contributed by atoms with Gasteiger partial charge in [-0.15, -0.1) is 0 Å². The molecule has 7 nitrogen and oxygen atoms in total. The van der Waals surface area contributed by atoms with E-state index in [0.717, 1.165) is 17.3 Å². The van der Waals surface area contributed by atoms with Crippen molar-refractivity contribution < 1.29 is 9.59 Å². The largest absolute Gasteiger partial charge is 0.341 e.